The van der Waals surface area contributed by atoms with E-state index in [0.717, 1.165) is 0 Å². The number of amides is 2. The summed E-state index contributed by atoms with van der Waals surface area (Å²) < 4.78 is 10.5. The van der Waals surface area contributed by atoms with E-state index in [2.05, 4.69) is 15.8 Å². The molecule has 1 aliphatic rings. The molecule has 0 saturated carbocycles. The molecule has 22 heavy (non-hydrogen) atoms. The summed E-state index contributed by atoms with van der Waals surface area (Å²) in [7, 11) is 0. The van der Waals surface area contributed by atoms with E-state index < -0.39 is 6.03 Å². The number of ether oxygens (including phenoxy) is 2. The monoisotopic (exact) mass is 317 g/mol. The van der Waals surface area contributed by atoms with Crippen LogP contribution < -0.4 is 20.2 Å². The van der Waals surface area contributed by atoms with Crippen LogP contribution in [0.5, 0.6) is 11.5 Å². The number of hydrogen-bond acceptors (Lipinski definition) is 4. The summed E-state index contributed by atoms with van der Waals surface area (Å²) in [6, 6.07) is 12.0. The first-order valence-corrected chi connectivity index (χ1v) is 6.84. The molecule has 0 radical (unpaired) electrons. The first-order chi connectivity index (χ1) is 10.7. The SMILES string of the molecule is O=C(N/N=C/c1cc2c(cc1Cl)OCO2)Nc1ccccc1. The molecular weight excluding hydrogens is 306 g/mol. The number of halogens is 1. The van der Waals surface area contributed by atoms with Crippen LogP contribution in [0.1, 0.15) is 5.56 Å². The van der Waals surface area contributed by atoms with Gasteiger partial charge in [0.15, 0.2) is 11.5 Å². The number of rotatable bonds is 3. The van der Waals surface area contributed by atoms with Crippen LogP contribution in [-0.2, 0) is 0 Å². The van der Waals surface area contributed by atoms with Gasteiger partial charge in [0.05, 0.1) is 11.2 Å². The third kappa shape index (κ3) is 3.29. The van der Waals surface area contributed by atoms with Gasteiger partial charge in [-0.25, -0.2) is 10.2 Å². The lowest BCUT2D eigenvalue weighted by Crippen LogP contribution is -2.24. The Hall–Kier alpha value is -2.73. The number of fused-ring (bicyclic) bond motifs is 1. The molecule has 2 amide bonds. The van der Waals surface area contributed by atoms with Gasteiger partial charge in [-0.2, -0.15) is 5.10 Å². The summed E-state index contributed by atoms with van der Waals surface area (Å²) in [4.78, 5) is 11.7. The van der Waals surface area contributed by atoms with Gasteiger partial charge in [-0.3, -0.25) is 0 Å². The summed E-state index contributed by atoms with van der Waals surface area (Å²) >= 11 is 6.10. The van der Waals surface area contributed by atoms with Crippen molar-refractivity contribution in [2.24, 2.45) is 5.10 Å². The highest BCUT2D eigenvalue weighted by molar-refractivity contribution is 6.33. The molecule has 3 rings (SSSR count). The van der Waals surface area contributed by atoms with Gasteiger partial charge in [-0.1, -0.05) is 29.8 Å². The van der Waals surface area contributed by atoms with Crippen LogP contribution in [0.2, 0.25) is 5.02 Å². The van der Waals surface area contributed by atoms with Crippen molar-refractivity contribution in [3.63, 3.8) is 0 Å². The fourth-order valence-electron chi connectivity index (χ4n) is 1.87. The van der Waals surface area contributed by atoms with Crippen molar-refractivity contribution in [2.45, 2.75) is 0 Å². The highest BCUT2D eigenvalue weighted by atomic mass is 35.5. The van der Waals surface area contributed by atoms with E-state index in [9.17, 15) is 4.79 Å². The molecule has 6 nitrogen and oxygen atoms in total. The molecule has 2 aromatic carbocycles. The molecule has 0 aliphatic carbocycles. The molecule has 0 bridgehead atoms. The lowest BCUT2D eigenvalue weighted by Gasteiger charge is -2.04. The summed E-state index contributed by atoms with van der Waals surface area (Å²) in [6.45, 7) is 0.171. The van der Waals surface area contributed by atoms with E-state index in [1.165, 1.54) is 6.21 Å². The summed E-state index contributed by atoms with van der Waals surface area (Å²) in [5.41, 5.74) is 3.66. The zero-order valence-corrected chi connectivity index (χ0v) is 12.1. The Labute approximate surface area is 131 Å². The molecular formula is C15H12ClN3O3. The predicted molar refractivity (Wildman–Crippen MR) is 83.8 cm³/mol. The van der Waals surface area contributed by atoms with Gasteiger partial charge in [0.2, 0.25) is 6.79 Å². The van der Waals surface area contributed by atoms with Crippen molar-refractivity contribution in [1.29, 1.82) is 0 Å². The lowest BCUT2D eigenvalue weighted by atomic mass is 10.2. The number of para-hydroxylation sites is 1. The van der Waals surface area contributed by atoms with Crippen molar-refractivity contribution < 1.29 is 14.3 Å². The average Bonchev–Trinajstić information content (AvgIpc) is 2.95. The minimum absolute atomic E-state index is 0.171. The standard InChI is InChI=1S/C15H12ClN3O3/c16-12-7-14-13(21-9-22-14)6-10(12)8-17-19-15(20)18-11-4-2-1-3-5-11/h1-8H,9H2,(H2,18,19,20)/b17-8+. The molecule has 112 valence electrons. The maximum absolute atomic E-state index is 11.7. The van der Waals surface area contributed by atoms with Gasteiger partial charge in [-0.05, 0) is 18.2 Å². The summed E-state index contributed by atoms with van der Waals surface area (Å²) in [6.07, 6.45) is 1.44. The molecule has 2 aromatic rings. The maximum Gasteiger partial charge on any atom is 0.339 e. The van der Waals surface area contributed by atoms with Crippen LogP contribution >= 0.6 is 11.6 Å². The smallest absolute Gasteiger partial charge is 0.339 e. The van der Waals surface area contributed by atoms with E-state index in [4.69, 9.17) is 21.1 Å². The zero-order valence-electron chi connectivity index (χ0n) is 11.4. The third-order valence-electron chi connectivity index (χ3n) is 2.89. The van der Waals surface area contributed by atoms with E-state index in [1.807, 2.05) is 18.2 Å². The molecule has 1 heterocycles. The first-order valence-electron chi connectivity index (χ1n) is 6.46. The Kier molecular flexibility index (Phi) is 4.11. The van der Waals surface area contributed by atoms with E-state index in [-0.39, 0.29) is 6.79 Å². The Balaban J connectivity index is 1.61. The second-order valence-corrected chi connectivity index (χ2v) is 4.82. The number of urea groups is 1. The number of nitrogens with one attached hydrogen (secondary N) is 2. The van der Waals surface area contributed by atoms with Crippen molar-refractivity contribution in [3.8, 4) is 11.5 Å². The Morgan fingerprint density at radius 2 is 1.91 bits per heavy atom. The molecule has 0 spiro atoms. The summed E-state index contributed by atoms with van der Waals surface area (Å²) in [5.74, 6) is 1.19. The largest absolute Gasteiger partial charge is 0.454 e. The maximum atomic E-state index is 11.7. The number of nitrogens with zero attached hydrogens (tertiary/aromatic N) is 1. The number of hydrazone groups is 1. The second-order valence-electron chi connectivity index (χ2n) is 4.42. The number of anilines is 1. The number of benzene rings is 2. The van der Waals surface area contributed by atoms with Crippen LogP contribution in [0.25, 0.3) is 0 Å². The summed E-state index contributed by atoms with van der Waals surface area (Å²) in [5, 5.41) is 6.96. The average molecular weight is 318 g/mol. The van der Waals surface area contributed by atoms with Crippen LogP contribution in [0, 0.1) is 0 Å². The molecule has 0 atom stereocenters. The van der Waals surface area contributed by atoms with Crippen molar-refractivity contribution in [1.82, 2.24) is 5.43 Å². The Morgan fingerprint density at radius 3 is 2.68 bits per heavy atom. The molecule has 0 aromatic heterocycles. The van der Waals surface area contributed by atoms with Gasteiger partial charge in [-0.15, -0.1) is 0 Å². The molecule has 2 N–H and O–H groups in total. The number of carbonyl (C=O) groups excluding carboxylic acids is 1. The minimum atomic E-state index is -0.445. The molecule has 0 saturated heterocycles. The molecule has 7 heteroatoms. The van der Waals surface area contributed by atoms with Crippen molar-refractivity contribution >= 4 is 29.5 Å². The molecule has 1 aliphatic heterocycles. The van der Waals surface area contributed by atoms with E-state index in [1.54, 1.807) is 24.3 Å². The van der Waals surface area contributed by atoms with Gasteiger partial charge >= 0.3 is 6.03 Å². The first kappa shape index (κ1) is 14.2. The quantitative estimate of drug-likeness (QED) is 0.674. The van der Waals surface area contributed by atoms with Crippen LogP contribution in [0.15, 0.2) is 47.6 Å². The zero-order chi connectivity index (χ0) is 15.4. The Bertz CT molecular complexity index is 719. The third-order valence-corrected chi connectivity index (χ3v) is 3.22. The fraction of sp³-hybridized carbons (Fsp3) is 0.0667. The van der Waals surface area contributed by atoms with E-state index in [0.29, 0.717) is 27.8 Å². The van der Waals surface area contributed by atoms with Crippen LogP contribution in [0.4, 0.5) is 10.5 Å². The number of hydrogen-bond donors (Lipinski definition) is 2. The van der Waals surface area contributed by atoms with Crippen molar-refractivity contribution in [2.75, 3.05) is 12.1 Å². The van der Waals surface area contributed by atoms with Crippen LogP contribution in [-0.4, -0.2) is 19.0 Å². The highest BCUT2D eigenvalue weighted by Crippen LogP contribution is 2.36. The van der Waals surface area contributed by atoms with E-state index >= 15 is 0 Å². The topological polar surface area (TPSA) is 72.0 Å². The normalized spacial score (nSPS) is 12.4. The Morgan fingerprint density at radius 1 is 1.18 bits per heavy atom. The predicted octanol–water partition coefficient (Wildman–Crippen LogP) is 3.22. The molecule has 0 fully saturated rings. The van der Waals surface area contributed by atoms with Gasteiger partial charge in [0.25, 0.3) is 0 Å². The fourth-order valence-corrected chi connectivity index (χ4v) is 2.08. The van der Waals surface area contributed by atoms with Gasteiger partial charge in [0, 0.05) is 17.3 Å². The van der Waals surface area contributed by atoms with Crippen molar-refractivity contribution in [3.05, 3.63) is 53.1 Å². The van der Waals surface area contributed by atoms with Gasteiger partial charge in [0.1, 0.15) is 0 Å². The van der Waals surface area contributed by atoms with Gasteiger partial charge < -0.3 is 14.8 Å². The minimum Gasteiger partial charge on any atom is -0.454 e. The number of carbonyl (C=O) groups is 1. The lowest BCUT2D eigenvalue weighted by molar-refractivity contribution is 0.174. The molecule has 0 unspecified atom stereocenters. The van der Waals surface area contributed by atoms with Crippen LogP contribution in [0.3, 0.4) is 0 Å². The highest BCUT2D eigenvalue weighted by Gasteiger charge is 2.15. The second kappa shape index (κ2) is 6.36.